The number of hydrogen-bond donors (Lipinski definition) is 1. The van der Waals surface area contributed by atoms with E-state index in [-0.39, 0.29) is 5.41 Å². The Morgan fingerprint density at radius 3 is 2.06 bits per heavy atom. The van der Waals surface area contributed by atoms with E-state index in [2.05, 4.69) is 75.9 Å². The fourth-order valence-electron chi connectivity index (χ4n) is 2.19. The molecule has 0 aliphatic rings. The molecule has 0 radical (unpaired) electrons. The van der Waals surface area contributed by atoms with Gasteiger partial charge in [-0.3, -0.25) is 0 Å². The third-order valence-electron chi connectivity index (χ3n) is 2.88. The van der Waals surface area contributed by atoms with Gasteiger partial charge in [0.1, 0.15) is 0 Å². The summed E-state index contributed by atoms with van der Waals surface area (Å²) in [6.45, 7) is 6.69. The van der Waals surface area contributed by atoms with E-state index >= 15 is 0 Å². The van der Waals surface area contributed by atoms with Crippen molar-refractivity contribution >= 4 is 12.6 Å². The van der Waals surface area contributed by atoms with Gasteiger partial charge in [-0.2, -0.15) is 0 Å². The molecule has 0 amide bonds. The van der Waals surface area contributed by atoms with Crippen LogP contribution in [0.1, 0.15) is 26.3 Å². The molecule has 0 heterocycles. The van der Waals surface area contributed by atoms with Crippen LogP contribution < -0.4 is 0 Å². The molecule has 2 aromatic rings. The first-order valence-electron chi connectivity index (χ1n) is 5.88. The SMILES string of the molecule is CC(C)(C)c1c(S)cccc1-c1ccccc1. The molecule has 2 rings (SSSR count). The summed E-state index contributed by atoms with van der Waals surface area (Å²) in [5.74, 6) is 0. The molecule has 0 aliphatic heterocycles. The van der Waals surface area contributed by atoms with Crippen LogP contribution >= 0.6 is 12.6 Å². The quantitative estimate of drug-likeness (QED) is 0.673. The van der Waals surface area contributed by atoms with E-state index in [1.165, 1.54) is 16.7 Å². The van der Waals surface area contributed by atoms with Gasteiger partial charge in [0.2, 0.25) is 0 Å². The van der Waals surface area contributed by atoms with Crippen molar-refractivity contribution in [3.8, 4) is 11.1 Å². The average molecular weight is 242 g/mol. The van der Waals surface area contributed by atoms with Crippen LogP contribution in [0.3, 0.4) is 0 Å². The maximum absolute atomic E-state index is 4.61. The average Bonchev–Trinajstić information content (AvgIpc) is 2.28. The highest BCUT2D eigenvalue weighted by atomic mass is 32.1. The van der Waals surface area contributed by atoms with Crippen molar-refractivity contribution in [1.29, 1.82) is 0 Å². The fraction of sp³-hybridized carbons (Fsp3) is 0.250. The molecular weight excluding hydrogens is 224 g/mol. The lowest BCUT2D eigenvalue weighted by molar-refractivity contribution is 0.580. The molecule has 17 heavy (non-hydrogen) atoms. The summed E-state index contributed by atoms with van der Waals surface area (Å²) in [5, 5.41) is 0. The first-order chi connectivity index (χ1) is 8.00. The standard InChI is InChI=1S/C16H18S/c1-16(2,3)15-13(10-7-11-14(15)17)12-8-5-4-6-9-12/h4-11,17H,1-3H3. The van der Waals surface area contributed by atoms with E-state index in [0.29, 0.717) is 0 Å². The van der Waals surface area contributed by atoms with Crippen molar-refractivity contribution in [2.75, 3.05) is 0 Å². The molecule has 0 spiro atoms. The van der Waals surface area contributed by atoms with Gasteiger partial charge in [-0.25, -0.2) is 0 Å². The molecule has 2 aromatic carbocycles. The first-order valence-corrected chi connectivity index (χ1v) is 6.33. The predicted molar refractivity (Wildman–Crippen MR) is 77.8 cm³/mol. The summed E-state index contributed by atoms with van der Waals surface area (Å²) >= 11 is 4.61. The van der Waals surface area contributed by atoms with Gasteiger partial charge in [-0.1, -0.05) is 63.2 Å². The maximum Gasteiger partial charge on any atom is 0.00835 e. The Hall–Kier alpha value is -1.21. The minimum Gasteiger partial charge on any atom is -0.143 e. The van der Waals surface area contributed by atoms with E-state index in [9.17, 15) is 0 Å². The molecule has 0 aromatic heterocycles. The normalized spacial score (nSPS) is 11.5. The van der Waals surface area contributed by atoms with Crippen molar-refractivity contribution in [1.82, 2.24) is 0 Å². The van der Waals surface area contributed by atoms with Gasteiger partial charge in [0.05, 0.1) is 0 Å². The summed E-state index contributed by atoms with van der Waals surface area (Å²) < 4.78 is 0. The Labute approximate surface area is 109 Å². The van der Waals surface area contributed by atoms with Crippen LogP contribution in [0.4, 0.5) is 0 Å². The predicted octanol–water partition coefficient (Wildman–Crippen LogP) is 4.94. The molecule has 0 unspecified atom stereocenters. The van der Waals surface area contributed by atoms with Crippen LogP contribution in [0, 0.1) is 0 Å². The van der Waals surface area contributed by atoms with E-state index in [0.717, 1.165) is 4.90 Å². The lowest BCUT2D eigenvalue weighted by Gasteiger charge is -2.25. The van der Waals surface area contributed by atoms with Crippen molar-refractivity contribution in [3.05, 3.63) is 54.1 Å². The second-order valence-corrected chi connectivity index (χ2v) is 5.80. The van der Waals surface area contributed by atoms with Crippen LogP contribution in [0.5, 0.6) is 0 Å². The zero-order chi connectivity index (χ0) is 12.5. The summed E-state index contributed by atoms with van der Waals surface area (Å²) in [7, 11) is 0. The van der Waals surface area contributed by atoms with E-state index < -0.39 is 0 Å². The molecule has 0 atom stereocenters. The molecule has 0 bridgehead atoms. The zero-order valence-corrected chi connectivity index (χ0v) is 11.5. The molecular formula is C16H18S. The fourth-order valence-corrected chi connectivity index (χ4v) is 2.73. The lowest BCUT2D eigenvalue weighted by Crippen LogP contribution is -2.13. The number of thiol groups is 1. The van der Waals surface area contributed by atoms with Crippen molar-refractivity contribution in [2.24, 2.45) is 0 Å². The van der Waals surface area contributed by atoms with E-state index in [1.807, 2.05) is 6.07 Å². The van der Waals surface area contributed by atoms with Gasteiger partial charge in [0.15, 0.2) is 0 Å². The second-order valence-electron chi connectivity index (χ2n) is 5.32. The monoisotopic (exact) mass is 242 g/mol. The molecule has 0 N–H and O–H groups in total. The van der Waals surface area contributed by atoms with Gasteiger partial charge >= 0.3 is 0 Å². The maximum atomic E-state index is 4.61. The lowest BCUT2D eigenvalue weighted by atomic mass is 9.82. The van der Waals surface area contributed by atoms with E-state index in [1.54, 1.807) is 0 Å². The van der Waals surface area contributed by atoms with Gasteiger partial charge in [-0.15, -0.1) is 12.6 Å². The molecule has 0 saturated heterocycles. The minimum atomic E-state index is 0.101. The summed E-state index contributed by atoms with van der Waals surface area (Å²) in [4.78, 5) is 1.07. The smallest absolute Gasteiger partial charge is 0.00835 e. The zero-order valence-electron chi connectivity index (χ0n) is 10.6. The Morgan fingerprint density at radius 2 is 1.47 bits per heavy atom. The molecule has 1 heteroatoms. The molecule has 0 nitrogen and oxygen atoms in total. The highest BCUT2D eigenvalue weighted by Crippen LogP contribution is 2.36. The van der Waals surface area contributed by atoms with Crippen LogP contribution in [-0.4, -0.2) is 0 Å². The minimum absolute atomic E-state index is 0.101. The van der Waals surface area contributed by atoms with Crippen LogP contribution in [-0.2, 0) is 5.41 Å². The van der Waals surface area contributed by atoms with Crippen LogP contribution in [0.25, 0.3) is 11.1 Å². The van der Waals surface area contributed by atoms with Crippen LogP contribution in [0.2, 0.25) is 0 Å². The Kier molecular flexibility index (Phi) is 3.30. The summed E-state index contributed by atoms with van der Waals surface area (Å²) in [6.07, 6.45) is 0. The Morgan fingerprint density at radius 1 is 0.824 bits per heavy atom. The van der Waals surface area contributed by atoms with E-state index in [4.69, 9.17) is 0 Å². The van der Waals surface area contributed by atoms with Gasteiger partial charge in [0, 0.05) is 4.90 Å². The third kappa shape index (κ3) is 2.55. The highest BCUT2D eigenvalue weighted by Gasteiger charge is 2.20. The summed E-state index contributed by atoms with van der Waals surface area (Å²) in [5.41, 5.74) is 3.96. The first kappa shape index (κ1) is 12.3. The van der Waals surface area contributed by atoms with Crippen molar-refractivity contribution in [3.63, 3.8) is 0 Å². The second kappa shape index (κ2) is 4.58. The number of hydrogen-bond acceptors (Lipinski definition) is 1. The van der Waals surface area contributed by atoms with Crippen molar-refractivity contribution in [2.45, 2.75) is 31.1 Å². The third-order valence-corrected chi connectivity index (χ3v) is 3.25. The highest BCUT2D eigenvalue weighted by molar-refractivity contribution is 7.80. The van der Waals surface area contributed by atoms with Gasteiger partial charge in [0.25, 0.3) is 0 Å². The molecule has 0 saturated carbocycles. The Bertz CT molecular complexity index is 507. The van der Waals surface area contributed by atoms with Crippen LogP contribution in [0.15, 0.2) is 53.4 Å². The number of rotatable bonds is 1. The number of benzene rings is 2. The molecule has 0 aliphatic carbocycles. The van der Waals surface area contributed by atoms with Crippen molar-refractivity contribution < 1.29 is 0 Å². The topological polar surface area (TPSA) is 0 Å². The Balaban J connectivity index is 2.67. The van der Waals surface area contributed by atoms with Gasteiger partial charge in [-0.05, 0) is 28.2 Å². The largest absolute Gasteiger partial charge is 0.143 e. The summed E-state index contributed by atoms with van der Waals surface area (Å²) in [6, 6.07) is 16.8. The molecule has 0 fully saturated rings. The van der Waals surface area contributed by atoms with Gasteiger partial charge < -0.3 is 0 Å². The molecule has 88 valence electrons.